The van der Waals surface area contributed by atoms with Gasteiger partial charge in [0.2, 0.25) is 0 Å². The van der Waals surface area contributed by atoms with E-state index in [9.17, 15) is 0 Å². The van der Waals surface area contributed by atoms with E-state index in [1.54, 1.807) is 7.11 Å². The van der Waals surface area contributed by atoms with Crippen molar-refractivity contribution in [2.75, 3.05) is 16.9 Å². The van der Waals surface area contributed by atoms with Crippen LogP contribution in [0.2, 0.25) is 0 Å². The van der Waals surface area contributed by atoms with Crippen molar-refractivity contribution in [3.05, 3.63) is 103 Å². The maximum Gasteiger partial charge on any atom is 0.119 e. The van der Waals surface area contributed by atoms with Gasteiger partial charge in [-0.1, -0.05) is 42.5 Å². The Labute approximate surface area is 204 Å². The molecule has 0 aliphatic rings. The highest BCUT2D eigenvalue weighted by Crippen LogP contribution is 2.33. The zero-order valence-corrected chi connectivity index (χ0v) is 20.8. The second-order valence-corrected chi connectivity index (χ2v) is 9.05. The normalized spacial score (nSPS) is 11.0. The van der Waals surface area contributed by atoms with Crippen molar-refractivity contribution in [2.45, 2.75) is 39.8 Å². The molecule has 4 aromatic rings. The van der Waals surface area contributed by atoms with Gasteiger partial charge in [0.1, 0.15) is 5.75 Å². The highest BCUT2D eigenvalue weighted by molar-refractivity contribution is 5.73. The molecule has 0 atom stereocenters. The fourth-order valence-electron chi connectivity index (χ4n) is 4.45. The van der Waals surface area contributed by atoms with Crippen molar-refractivity contribution in [3.8, 4) is 16.9 Å². The zero-order valence-electron chi connectivity index (χ0n) is 20.8. The van der Waals surface area contributed by atoms with E-state index in [0.717, 1.165) is 11.4 Å². The van der Waals surface area contributed by atoms with Gasteiger partial charge in [-0.25, -0.2) is 0 Å². The second kappa shape index (κ2) is 10.5. The lowest BCUT2D eigenvalue weighted by atomic mass is 10.0. The second-order valence-electron chi connectivity index (χ2n) is 9.05. The van der Waals surface area contributed by atoms with Gasteiger partial charge in [-0.3, -0.25) is 0 Å². The standard InChI is InChI=1S/C31H34N2O/c1-23(2)32(27-9-7-6-8-10-27)28-15-11-25(12-16-28)26-13-17-29(18-14-26)33(24(3)4)30-19-21-31(34-5)22-20-30/h6-24H,1-5H3. The van der Waals surface area contributed by atoms with Crippen molar-refractivity contribution in [1.29, 1.82) is 0 Å². The summed E-state index contributed by atoms with van der Waals surface area (Å²) in [6.07, 6.45) is 0. The van der Waals surface area contributed by atoms with Crippen LogP contribution in [0.25, 0.3) is 11.1 Å². The number of anilines is 4. The molecule has 0 radical (unpaired) electrons. The molecule has 4 rings (SSSR count). The Balaban J connectivity index is 1.57. The first-order valence-electron chi connectivity index (χ1n) is 12.0. The van der Waals surface area contributed by atoms with Gasteiger partial charge in [0, 0.05) is 34.8 Å². The maximum absolute atomic E-state index is 5.32. The molecule has 34 heavy (non-hydrogen) atoms. The molecule has 0 amide bonds. The molecule has 0 saturated carbocycles. The highest BCUT2D eigenvalue weighted by atomic mass is 16.5. The van der Waals surface area contributed by atoms with E-state index in [1.165, 1.54) is 28.2 Å². The minimum atomic E-state index is 0.332. The lowest BCUT2D eigenvalue weighted by molar-refractivity contribution is 0.415. The summed E-state index contributed by atoms with van der Waals surface area (Å²) >= 11 is 0. The van der Waals surface area contributed by atoms with Crippen molar-refractivity contribution < 1.29 is 4.74 Å². The summed E-state index contributed by atoms with van der Waals surface area (Å²) in [7, 11) is 1.70. The molecular weight excluding hydrogens is 416 g/mol. The number of methoxy groups -OCH3 is 1. The van der Waals surface area contributed by atoms with E-state index in [-0.39, 0.29) is 0 Å². The molecule has 0 aromatic heterocycles. The molecular formula is C31H34N2O. The molecule has 3 heteroatoms. The molecule has 3 nitrogen and oxygen atoms in total. The van der Waals surface area contributed by atoms with Crippen LogP contribution in [0.15, 0.2) is 103 Å². The first-order chi connectivity index (χ1) is 16.5. The quantitative estimate of drug-likeness (QED) is 0.268. The minimum Gasteiger partial charge on any atom is -0.497 e. The van der Waals surface area contributed by atoms with Crippen molar-refractivity contribution in [1.82, 2.24) is 0 Å². The SMILES string of the molecule is COc1ccc(N(c2ccc(-c3ccc(N(c4ccccc4)C(C)C)cc3)cc2)C(C)C)cc1. The third-order valence-corrected chi connectivity index (χ3v) is 6.04. The number of benzene rings is 4. The number of para-hydroxylation sites is 1. The molecule has 4 aromatic carbocycles. The van der Waals surface area contributed by atoms with Gasteiger partial charge in [0.15, 0.2) is 0 Å². The van der Waals surface area contributed by atoms with E-state index in [2.05, 4.69) is 128 Å². The van der Waals surface area contributed by atoms with Gasteiger partial charge in [-0.15, -0.1) is 0 Å². The predicted molar refractivity (Wildman–Crippen MR) is 146 cm³/mol. The Hall–Kier alpha value is -3.72. The topological polar surface area (TPSA) is 15.7 Å². The van der Waals surface area contributed by atoms with Crippen LogP contribution in [0.4, 0.5) is 22.7 Å². The maximum atomic E-state index is 5.32. The Morgan fingerprint density at radius 1 is 0.471 bits per heavy atom. The average molecular weight is 451 g/mol. The number of ether oxygens (including phenoxy) is 1. The average Bonchev–Trinajstić information content (AvgIpc) is 2.86. The lowest BCUT2D eigenvalue weighted by Gasteiger charge is -2.30. The Morgan fingerprint density at radius 2 is 0.824 bits per heavy atom. The molecule has 0 saturated heterocycles. The van der Waals surface area contributed by atoms with Gasteiger partial charge in [0.25, 0.3) is 0 Å². The van der Waals surface area contributed by atoms with E-state index in [4.69, 9.17) is 4.74 Å². The molecule has 0 heterocycles. The number of nitrogens with zero attached hydrogens (tertiary/aromatic N) is 2. The first-order valence-corrected chi connectivity index (χ1v) is 12.0. The summed E-state index contributed by atoms with van der Waals surface area (Å²) in [6, 6.07) is 37.2. The third-order valence-electron chi connectivity index (χ3n) is 6.04. The minimum absolute atomic E-state index is 0.332. The van der Waals surface area contributed by atoms with Crippen LogP contribution in [0.3, 0.4) is 0 Å². The zero-order chi connectivity index (χ0) is 24.1. The number of hydrogen-bond donors (Lipinski definition) is 0. The summed E-state index contributed by atoms with van der Waals surface area (Å²) < 4.78 is 5.32. The Bertz CT molecular complexity index is 1170. The summed E-state index contributed by atoms with van der Waals surface area (Å²) in [5.74, 6) is 0.870. The summed E-state index contributed by atoms with van der Waals surface area (Å²) in [6.45, 7) is 8.88. The summed E-state index contributed by atoms with van der Waals surface area (Å²) in [5, 5.41) is 0. The van der Waals surface area contributed by atoms with E-state index < -0.39 is 0 Å². The third kappa shape index (κ3) is 5.09. The molecule has 0 aliphatic heterocycles. The molecule has 0 N–H and O–H groups in total. The van der Waals surface area contributed by atoms with Crippen LogP contribution < -0.4 is 14.5 Å². The Morgan fingerprint density at radius 3 is 1.18 bits per heavy atom. The molecule has 0 spiro atoms. The lowest BCUT2D eigenvalue weighted by Crippen LogP contribution is -2.25. The largest absolute Gasteiger partial charge is 0.497 e. The van der Waals surface area contributed by atoms with Gasteiger partial charge in [0.05, 0.1) is 7.11 Å². The molecule has 174 valence electrons. The predicted octanol–water partition coefficient (Wildman–Crippen LogP) is 8.46. The van der Waals surface area contributed by atoms with Gasteiger partial charge >= 0.3 is 0 Å². The van der Waals surface area contributed by atoms with E-state index in [0.29, 0.717) is 12.1 Å². The summed E-state index contributed by atoms with van der Waals surface area (Å²) in [5.41, 5.74) is 7.17. The van der Waals surface area contributed by atoms with E-state index >= 15 is 0 Å². The fourth-order valence-corrected chi connectivity index (χ4v) is 4.45. The van der Waals surface area contributed by atoms with Crippen molar-refractivity contribution in [2.24, 2.45) is 0 Å². The fraction of sp³-hybridized carbons (Fsp3) is 0.226. The number of hydrogen-bond acceptors (Lipinski definition) is 3. The van der Waals surface area contributed by atoms with Crippen molar-refractivity contribution in [3.63, 3.8) is 0 Å². The highest BCUT2D eigenvalue weighted by Gasteiger charge is 2.15. The van der Waals surface area contributed by atoms with E-state index in [1.807, 2.05) is 12.1 Å². The van der Waals surface area contributed by atoms with Crippen LogP contribution in [-0.4, -0.2) is 19.2 Å². The molecule has 0 unspecified atom stereocenters. The number of rotatable bonds is 8. The van der Waals surface area contributed by atoms with Crippen LogP contribution in [0, 0.1) is 0 Å². The van der Waals surface area contributed by atoms with Crippen LogP contribution in [0.5, 0.6) is 5.75 Å². The Kier molecular flexibility index (Phi) is 7.22. The molecule has 0 bridgehead atoms. The molecule has 0 fully saturated rings. The van der Waals surface area contributed by atoms with Gasteiger partial charge in [-0.05, 0) is 99.5 Å². The van der Waals surface area contributed by atoms with Gasteiger partial charge in [-0.2, -0.15) is 0 Å². The first kappa shape index (κ1) is 23.4. The van der Waals surface area contributed by atoms with Gasteiger partial charge < -0.3 is 14.5 Å². The monoisotopic (exact) mass is 450 g/mol. The van der Waals surface area contributed by atoms with Crippen LogP contribution in [-0.2, 0) is 0 Å². The van der Waals surface area contributed by atoms with Crippen LogP contribution in [0.1, 0.15) is 27.7 Å². The smallest absolute Gasteiger partial charge is 0.119 e. The van der Waals surface area contributed by atoms with Crippen molar-refractivity contribution >= 4 is 22.7 Å². The van der Waals surface area contributed by atoms with Crippen LogP contribution >= 0.6 is 0 Å². The molecule has 0 aliphatic carbocycles. The summed E-state index contributed by atoms with van der Waals surface area (Å²) in [4.78, 5) is 4.70.